The van der Waals surface area contributed by atoms with Crippen molar-refractivity contribution in [2.75, 3.05) is 11.9 Å². The number of hydrogen-bond donors (Lipinski definition) is 1. The summed E-state index contributed by atoms with van der Waals surface area (Å²) in [4.78, 5) is 24.3. The summed E-state index contributed by atoms with van der Waals surface area (Å²) in [6, 6.07) is 16.2. The first-order chi connectivity index (χ1) is 13.7. The predicted molar refractivity (Wildman–Crippen MR) is 105 cm³/mol. The van der Waals surface area contributed by atoms with E-state index in [1.807, 2.05) is 37.3 Å². The molecule has 28 heavy (non-hydrogen) atoms. The van der Waals surface area contributed by atoms with Crippen LogP contribution >= 0.6 is 11.5 Å². The van der Waals surface area contributed by atoms with Crippen molar-refractivity contribution < 1.29 is 14.3 Å². The van der Waals surface area contributed by atoms with E-state index in [0.717, 1.165) is 17.2 Å². The zero-order chi connectivity index (χ0) is 19.8. The van der Waals surface area contributed by atoms with Crippen molar-refractivity contribution in [3.05, 3.63) is 65.2 Å². The highest BCUT2D eigenvalue weighted by Gasteiger charge is 2.17. The van der Waals surface area contributed by atoms with Crippen molar-refractivity contribution in [3.8, 4) is 0 Å². The van der Waals surface area contributed by atoms with Gasteiger partial charge >= 0.3 is 5.97 Å². The number of benzene rings is 2. The van der Waals surface area contributed by atoms with Crippen LogP contribution in [0, 0.1) is 0 Å². The van der Waals surface area contributed by atoms with Crippen molar-refractivity contribution in [2.24, 2.45) is 10.2 Å². The summed E-state index contributed by atoms with van der Waals surface area (Å²) in [6.07, 6.45) is 0.571. The third kappa shape index (κ3) is 5.27. The number of carbonyl (C=O) groups is 2. The topological polar surface area (TPSA) is 106 Å². The lowest BCUT2D eigenvalue weighted by atomic mass is 10.3. The van der Waals surface area contributed by atoms with E-state index in [2.05, 4.69) is 25.1 Å². The minimum Gasteiger partial charge on any atom is -0.451 e. The van der Waals surface area contributed by atoms with E-state index in [1.54, 1.807) is 24.3 Å². The van der Waals surface area contributed by atoms with Gasteiger partial charge in [0.05, 0.1) is 17.1 Å². The average Bonchev–Trinajstić information content (AvgIpc) is 3.21. The first kappa shape index (κ1) is 19.3. The normalized spacial score (nSPS) is 10.8. The lowest BCUT2D eigenvalue weighted by molar-refractivity contribution is -0.119. The standard InChI is InChI=1S/C19H17N5O3S/c1-2-16-18(28-24-23-16)19(26)27-12-17(25)20-13-8-10-15(11-9-13)22-21-14-6-4-3-5-7-14/h3-11H,2,12H2,1H3,(H,20,25). The molecular formula is C19H17N5O3S. The molecule has 0 aliphatic heterocycles. The van der Waals surface area contributed by atoms with Gasteiger partial charge in [0.15, 0.2) is 11.5 Å². The molecular weight excluding hydrogens is 378 g/mol. The fourth-order valence-corrected chi connectivity index (χ4v) is 2.86. The van der Waals surface area contributed by atoms with Crippen LogP contribution in [0.25, 0.3) is 0 Å². The van der Waals surface area contributed by atoms with Gasteiger partial charge in [-0.3, -0.25) is 4.79 Å². The maximum atomic E-state index is 12.0. The average molecular weight is 395 g/mol. The van der Waals surface area contributed by atoms with Crippen LogP contribution in [0.3, 0.4) is 0 Å². The summed E-state index contributed by atoms with van der Waals surface area (Å²) in [7, 11) is 0. The van der Waals surface area contributed by atoms with Crippen molar-refractivity contribution in [1.29, 1.82) is 0 Å². The fourth-order valence-electron chi connectivity index (χ4n) is 2.21. The van der Waals surface area contributed by atoms with Gasteiger partial charge in [0, 0.05) is 5.69 Å². The van der Waals surface area contributed by atoms with E-state index in [-0.39, 0.29) is 0 Å². The van der Waals surface area contributed by atoms with Gasteiger partial charge in [-0.1, -0.05) is 29.6 Å². The van der Waals surface area contributed by atoms with Crippen LogP contribution in [0.1, 0.15) is 22.3 Å². The molecule has 3 aromatic rings. The number of rotatable bonds is 7. The Morgan fingerprint density at radius 2 is 1.71 bits per heavy atom. The third-order valence-corrected chi connectivity index (χ3v) is 4.35. The molecule has 0 radical (unpaired) electrons. The van der Waals surface area contributed by atoms with Crippen LogP contribution in [0.2, 0.25) is 0 Å². The van der Waals surface area contributed by atoms with Crippen molar-refractivity contribution in [2.45, 2.75) is 13.3 Å². The van der Waals surface area contributed by atoms with Crippen molar-refractivity contribution in [1.82, 2.24) is 9.59 Å². The molecule has 0 spiro atoms. The Labute approximate surface area is 165 Å². The van der Waals surface area contributed by atoms with Crippen molar-refractivity contribution in [3.63, 3.8) is 0 Å². The summed E-state index contributed by atoms with van der Waals surface area (Å²) in [5.41, 5.74) is 2.53. The summed E-state index contributed by atoms with van der Waals surface area (Å²) in [6.45, 7) is 1.47. The van der Waals surface area contributed by atoms with Crippen LogP contribution in [-0.2, 0) is 16.0 Å². The maximum Gasteiger partial charge on any atom is 0.352 e. The molecule has 0 bridgehead atoms. The minimum atomic E-state index is -0.598. The number of esters is 1. The fraction of sp³-hybridized carbons (Fsp3) is 0.158. The smallest absolute Gasteiger partial charge is 0.352 e. The summed E-state index contributed by atoms with van der Waals surface area (Å²) >= 11 is 0.956. The second kappa shape index (κ2) is 9.47. The van der Waals surface area contributed by atoms with Crippen LogP contribution in [0.4, 0.5) is 17.1 Å². The SMILES string of the molecule is CCc1nnsc1C(=O)OCC(=O)Nc1ccc(N=Nc2ccccc2)cc1. The summed E-state index contributed by atoms with van der Waals surface area (Å²) in [5.74, 6) is -1.04. The molecule has 0 aliphatic carbocycles. The van der Waals surface area contributed by atoms with Gasteiger partial charge in [-0.25, -0.2) is 4.79 Å². The second-order valence-electron chi connectivity index (χ2n) is 5.61. The largest absolute Gasteiger partial charge is 0.451 e. The van der Waals surface area contributed by atoms with E-state index >= 15 is 0 Å². The number of aromatic nitrogens is 2. The number of amides is 1. The van der Waals surface area contributed by atoms with Crippen LogP contribution in [0.5, 0.6) is 0 Å². The lowest BCUT2D eigenvalue weighted by Crippen LogP contribution is -2.20. The van der Waals surface area contributed by atoms with E-state index < -0.39 is 18.5 Å². The molecule has 3 rings (SSSR count). The van der Waals surface area contributed by atoms with Gasteiger partial charge in [0.1, 0.15) is 0 Å². The monoisotopic (exact) mass is 395 g/mol. The zero-order valence-corrected chi connectivity index (χ0v) is 15.8. The molecule has 1 N–H and O–H groups in total. The molecule has 0 fully saturated rings. The molecule has 1 heterocycles. The second-order valence-corrected chi connectivity index (χ2v) is 6.36. The molecule has 0 saturated heterocycles. The third-order valence-electron chi connectivity index (χ3n) is 3.60. The first-order valence-electron chi connectivity index (χ1n) is 8.50. The molecule has 2 aromatic carbocycles. The van der Waals surface area contributed by atoms with E-state index in [4.69, 9.17) is 4.74 Å². The minimum absolute atomic E-state index is 0.323. The number of ether oxygens (including phenoxy) is 1. The Morgan fingerprint density at radius 1 is 1.04 bits per heavy atom. The lowest BCUT2D eigenvalue weighted by Gasteiger charge is -2.06. The van der Waals surface area contributed by atoms with Gasteiger partial charge in [-0.2, -0.15) is 10.2 Å². The van der Waals surface area contributed by atoms with Gasteiger partial charge in [-0.15, -0.1) is 5.10 Å². The molecule has 142 valence electrons. The molecule has 9 heteroatoms. The summed E-state index contributed by atoms with van der Waals surface area (Å²) < 4.78 is 8.75. The highest BCUT2D eigenvalue weighted by atomic mass is 32.1. The van der Waals surface area contributed by atoms with Crippen molar-refractivity contribution >= 4 is 40.5 Å². The first-order valence-corrected chi connectivity index (χ1v) is 9.28. The Balaban J connectivity index is 1.50. The van der Waals surface area contributed by atoms with E-state index in [1.165, 1.54) is 0 Å². The predicted octanol–water partition coefficient (Wildman–Crippen LogP) is 4.31. The van der Waals surface area contributed by atoms with E-state index in [0.29, 0.717) is 28.4 Å². The highest BCUT2D eigenvalue weighted by Crippen LogP contribution is 2.20. The molecule has 1 amide bonds. The molecule has 0 unspecified atom stereocenters. The van der Waals surface area contributed by atoms with Gasteiger partial charge in [0.25, 0.3) is 5.91 Å². The Kier molecular flexibility index (Phi) is 6.53. The molecule has 0 aliphatic rings. The highest BCUT2D eigenvalue weighted by molar-refractivity contribution is 7.07. The number of anilines is 1. The van der Waals surface area contributed by atoms with Gasteiger partial charge in [0.2, 0.25) is 0 Å². The van der Waals surface area contributed by atoms with Crippen LogP contribution in [-0.4, -0.2) is 28.1 Å². The molecule has 8 nitrogen and oxygen atoms in total. The molecule has 0 saturated carbocycles. The number of carbonyl (C=O) groups excluding carboxylic acids is 2. The number of nitrogens with one attached hydrogen (secondary N) is 1. The van der Waals surface area contributed by atoms with E-state index in [9.17, 15) is 9.59 Å². The maximum absolute atomic E-state index is 12.0. The summed E-state index contributed by atoms with van der Waals surface area (Å²) in [5, 5.41) is 14.8. The van der Waals surface area contributed by atoms with Gasteiger partial charge in [-0.05, 0) is 54.4 Å². The Bertz CT molecular complexity index is 971. The quantitative estimate of drug-likeness (QED) is 0.474. The Hall–Kier alpha value is -3.46. The van der Waals surface area contributed by atoms with Crippen LogP contribution in [0.15, 0.2) is 64.8 Å². The number of hydrogen-bond acceptors (Lipinski definition) is 8. The zero-order valence-electron chi connectivity index (χ0n) is 15.0. The number of nitrogens with zero attached hydrogens (tertiary/aromatic N) is 4. The van der Waals surface area contributed by atoms with Crippen LogP contribution < -0.4 is 5.32 Å². The Morgan fingerprint density at radius 3 is 2.39 bits per heavy atom. The van der Waals surface area contributed by atoms with Gasteiger partial charge < -0.3 is 10.1 Å². The number of aryl methyl sites for hydroxylation is 1. The molecule has 1 aromatic heterocycles. The molecule has 0 atom stereocenters. The number of azo groups is 1.